The first kappa shape index (κ1) is 14.4. The van der Waals surface area contributed by atoms with Crippen molar-refractivity contribution in [2.24, 2.45) is 5.84 Å². The van der Waals surface area contributed by atoms with Crippen molar-refractivity contribution in [3.8, 4) is 5.75 Å². The topological polar surface area (TPSA) is 60.2 Å². The van der Waals surface area contributed by atoms with Crippen LogP contribution in [-0.2, 0) is 0 Å². The van der Waals surface area contributed by atoms with Gasteiger partial charge in [0.2, 0.25) is 0 Å². The molecular weight excluding hydrogens is 388 g/mol. The molecule has 2 rings (SSSR count). The molecule has 0 aliphatic heterocycles. The van der Waals surface area contributed by atoms with Gasteiger partial charge in [0.15, 0.2) is 0 Å². The minimum Gasteiger partial charge on any atom is -0.495 e. The summed E-state index contributed by atoms with van der Waals surface area (Å²) in [7, 11) is 1.48. The number of benzene rings is 1. The molecule has 0 saturated carbocycles. The highest BCUT2D eigenvalue weighted by Crippen LogP contribution is 2.42. The molecule has 19 heavy (non-hydrogen) atoms. The third kappa shape index (κ3) is 2.52. The highest BCUT2D eigenvalue weighted by atomic mass is 79.9. The fourth-order valence-corrected chi connectivity index (χ4v) is 3.17. The summed E-state index contributed by atoms with van der Waals surface area (Å²) in [6.07, 6.45) is -2.68. The number of nitrogens with two attached hydrogens (primary N) is 1. The van der Waals surface area contributed by atoms with E-state index in [4.69, 9.17) is 10.6 Å². The SMILES string of the molecule is COc1c(Br)cc(Br)c2nc(C(F)F)cc(NN)c12. The van der Waals surface area contributed by atoms with Gasteiger partial charge in [-0.15, -0.1) is 0 Å². The fourth-order valence-electron chi connectivity index (χ4n) is 1.76. The Labute approximate surface area is 124 Å². The van der Waals surface area contributed by atoms with Gasteiger partial charge in [0.25, 0.3) is 6.43 Å². The number of methoxy groups -OCH3 is 1. The van der Waals surface area contributed by atoms with Gasteiger partial charge in [-0.25, -0.2) is 13.8 Å². The molecule has 3 N–H and O–H groups in total. The molecule has 0 spiro atoms. The Hall–Kier alpha value is -0.990. The smallest absolute Gasteiger partial charge is 0.280 e. The standard InChI is InChI=1S/C11H9Br2F2N3O/c1-19-10-5(13)2-4(12)9-8(10)6(18-16)3-7(17-9)11(14)15/h2-3,11H,16H2,1H3,(H,17,18). The van der Waals surface area contributed by atoms with Crippen molar-refractivity contribution in [2.45, 2.75) is 6.43 Å². The molecule has 1 heterocycles. The number of nitrogens with zero attached hydrogens (tertiary/aromatic N) is 1. The molecule has 102 valence electrons. The fraction of sp³-hybridized carbons (Fsp3) is 0.182. The molecule has 2 aromatic rings. The van der Waals surface area contributed by atoms with Crippen LogP contribution in [0.3, 0.4) is 0 Å². The minimum atomic E-state index is -2.68. The number of hydrazine groups is 1. The number of nitrogens with one attached hydrogen (secondary N) is 1. The first-order valence-electron chi connectivity index (χ1n) is 5.11. The van der Waals surface area contributed by atoms with E-state index in [0.29, 0.717) is 31.3 Å². The average Bonchev–Trinajstić information content (AvgIpc) is 2.38. The molecule has 0 atom stereocenters. The third-order valence-corrected chi connectivity index (χ3v) is 3.74. The van der Waals surface area contributed by atoms with Crippen LogP contribution in [0.5, 0.6) is 5.75 Å². The molecule has 0 bridgehead atoms. The average molecular weight is 397 g/mol. The number of fused-ring (bicyclic) bond motifs is 1. The zero-order chi connectivity index (χ0) is 14.2. The van der Waals surface area contributed by atoms with E-state index in [2.05, 4.69) is 42.3 Å². The van der Waals surface area contributed by atoms with E-state index in [-0.39, 0.29) is 5.69 Å². The zero-order valence-electron chi connectivity index (χ0n) is 9.68. The molecular formula is C11H9Br2F2N3O. The van der Waals surface area contributed by atoms with E-state index in [1.165, 1.54) is 13.2 Å². The highest BCUT2D eigenvalue weighted by molar-refractivity contribution is 9.11. The summed E-state index contributed by atoms with van der Waals surface area (Å²) in [5.41, 5.74) is 2.71. The Morgan fingerprint density at radius 3 is 2.53 bits per heavy atom. The number of ether oxygens (including phenoxy) is 1. The largest absolute Gasteiger partial charge is 0.495 e. The van der Waals surface area contributed by atoms with E-state index in [1.54, 1.807) is 6.07 Å². The summed E-state index contributed by atoms with van der Waals surface area (Å²) in [4.78, 5) is 3.94. The summed E-state index contributed by atoms with van der Waals surface area (Å²) in [5, 5.41) is 0.524. The number of halogens is 4. The summed E-state index contributed by atoms with van der Waals surface area (Å²) in [6.45, 7) is 0. The van der Waals surface area contributed by atoms with Crippen LogP contribution in [0.4, 0.5) is 14.5 Å². The van der Waals surface area contributed by atoms with Gasteiger partial charge in [0, 0.05) is 4.47 Å². The normalized spacial score (nSPS) is 11.1. The van der Waals surface area contributed by atoms with Crippen LogP contribution in [0, 0.1) is 0 Å². The number of nitrogen functional groups attached to an aromatic ring is 1. The van der Waals surface area contributed by atoms with Crippen molar-refractivity contribution in [3.05, 3.63) is 26.8 Å². The molecule has 0 radical (unpaired) electrons. The molecule has 0 saturated heterocycles. The summed E-state index contributed by atoms with van der Waals surface area (Å²) in [6, 6.07) is 2.89. The number of rotatable bonds is 3. The van der Waals surface area contributed by atoms with Gasteiger partial charge in [-0.2, -0.15) is 0 Å². The van der Waals surface area contributed by atoms with Crippen LogP contribution in [-0.4, -0.2) is 12.1 Å². The quantitative estimate of drug-likeness (QED) is 0.608. The van der Waals surface area contributed by atoms with E-state index < -0.39 is 6.43 Å². The second kappa shape index (κ2) is 5.56. The molecule has 0 amide bonds. The van der Waals surface area contributed by atoms with Gasteiger partial charge in [-0.3, -0.25) is 5.84 Å². The van der Waals surface area contributed by atoms with Crippen LogP contribution in [0.2, 0.25) is 0 Å². The van der Waals surface area contributed by atoms with E-state index in [9.17, 15) is 8.78 Å². The predicted octanol–water partition coefficient (Wildman–Crippen LogP) is 3.99. The van der Waals surface area contributed by atoms with Crippen molar-refractivity contribution in [1.82, 2.24) is 4.98 Å². The maximum Gasteiger partial charge on any atom is 0.280 e. The van der Waals surface area contributed by atoms with Gasteiger partial charge in [-0.05, 0) is 44.0 Å². The molecule has 0 fully saturated rings. The lowest BCUT2D eigenvalue weighted by atomic mass is 10.1. The van der Waals surface area contributed by atoms with Crippen molar-refractivity contribution in [2.75, 3.05) is 12.5 Å². The Kier molecular flexibility index (Phi) is 4.22. The first-order valence-corrected chi connectivity index (χ1v) is 6.69. The minimum absolute atomic E-state index is 0.319. The van der Waals surface area contributed by atoms with E-state index in [1.807, 2.05) is 0 Å². The van der Waals surface area contributed by atoms with Crippen LogP contribution in [0.25, 0.3) is 10.9 Å². The van der Waals surface area contributed by atoms with Crippen LogP contribution in [0.15, 0.2) is 21.1 Å². The Balaban J connectivity index is 2.92. The van der Waals surface area contributed by atoms with Gasteiger partial charge in [-0.1, -0.05) is 0 Å². The maximum absolute atomic E-state index is 12.8. The number of hydrogen-bond acceptors (Lipinski definition) is 4. The lowest BCUT2D eigenvalue weighted by Crippen LogP contribution is -2.09. The molecule has 8 heteroatoms. The van der Waals surface area contributed by atoms with Gasteiger partial charge in [0.05, 0.1) is 28.2 Å². The number of hydrogen-bond donors (Lipinski definition) is 2. The van der Waals surface area contributed by atoms with Crippen LogP contribution >= 0.6 is 31.9 Å². The lowest BCUT2D eigenvalue weighted by molar-refractivity contribution is 0.146. The second-order valence-electron chi connectivity index (χ2n) is 3.64. The number of pyridine rings is 1. The number of alkyl halides is 2. The van der Waals surface area contributed by atoms with Crippen LogP contribution in [0.1, 0.15) is 12.1 Å². The van der Waals surface area contributed by atoms with Gasteiger partial charge < -0.3 is 10.2 Å². The lowest BCUT2D eigenvalue weighted by Gasteiger charge is -2.14. The molecule has 1 aromatic heterocycles. The highest BCUT2D eigenvalue weighted by Gasteiger charge is 2.19. The Morgan fingerprint density at radius 2 is 2.00 bits per heavy atom. The summed E-state index contributed by atoms with van der Waals surface area (Å²) in [5.74, 6) is 5.87. The molecule has 0 unspecified atom stereocenters. The van der Waals surface area contributed by atoms with Crippen LogP contribution < -0.4 is 16.0 Å². The third-order valence-electron chi connectivity index (χ3n) is 2.55. The molecule has 1 aromatic carbocycles. The van der Waals surface area contributed by atoms with E-state index in [0.717, 1.165) is 0 Å². The summed E-state index contributed by atoms with van der Waals surface area (Å²) < 4.78 is 32.1. The van der Waals surface area contributed by atoms with Crippen molar-refractivity contribution in [1.29, 1.82) is 0 Å². The Bertz CT molecular complexity index is 637. The predicted molar refractivity (Wildman–Crippen MR) is 76.5 cm³/mol. The first-order chi connectivity index (χ1) is 8.99. The number of anilines is 1. The van der Waals surface area contributed by atoms with Gasteiger partial charge >= 0.3 is 0 Å². The van der Waals surface area contributed by atoms with Crippen molar-refractivity contribution < 1.29 is 13.5 Å². The van der Waals surface area contributed by atoms with Gasteiger partial charge in [0.1, 0.15) is 11.4 Å². The maximum atomic E-state index is 12.8. The van der Waals surface area contributed by atoms with Crippen molar-refractivity contribution in [3.63, 3.8) is 0 Å². The molecule has 4 nitrogen and oxygen atoms in total. The zero-order valence-corrected chi connectivity index (χ0v) is 12.8. The number of aromatic nitrogens is 1. The Morgan fingerprint density at radius 1 is 1.32 bits per heavy atom. The monoisotopic (exact) mass is 395 g/mol. The molecule has 0 aliphatic carbocycles. The van der Waals surface area contributed by atoms with Crippen molar-refractivity contribution >= 4 is 48.5 Å². The van der Waals surface area contributed by atoms with E-state index >= 15 is 0 Å². The molecule has 0 aliphatic rings. The summed E-state index contributed by atoms with van der Waals surface area (Å²) >= 11 is 6.64. The second-order valence-corrected chi connectivity index (χ2v) is 5.35.